The van der Waals surface area contributed by atoms with Gasteiger partial charge >= 0.3 is 6.03 Å². The molecule has 4 nitrogen and oxygen atoms in total. The molecule has 2 amide bonds. The molecule has 5 heteroatoms. The average molecular weight is 339 g/mol. The summed E-state index contributed by atoms with van der Waals surface area (Å²) >= 11 is 3.43. The number of aryl methyl sites for hydroxylation is 1. The molecule has 0 radical (unpaired) electrons. The lowest BCUT2D eigenvalue weighted by molar-refractivity contribution is 0.231. The Hall–Kier alpha value is -1.33. The fraction of sp³-hybridized carbons (Fsp3) is 0.400. The molecule has 0 spiro atoms. The lowest BCUT2D eigenvalue weighted by atomic mass is 10.1. The van der Waals surface area contributed by atoms with Crippen LogP contribution in [0.2, 0.25) is 0 Å². The summed E-state index contributed by atoms with van der Waals surface area (Å²) < 4.78 is 1.00. The first-order valence-electron chi connectivity index (χ1n) is 6.67. The fourth-order valence-electron chi connectivity index (χ4n) is 2.24. The standard InChI is InChI=1S/C15H19BrN2O2/c1-10-2-4-13(16)7-12(10)8-17-15(20)18-14-5-3-11(6-14)9-19/h2-5,7,11,14,19H,6,8-9H2,1H3,(H2,17,18,20)/t11-,14+/m0/s1. The number of benzene rings is 1. The third kappa shape index (κ3) is 4.08. The van der Waals surface area contributed by atoms with Crippen LogP contribution in [0.5, 0.6) is 0 Å². The Kier molecular flexibility index (Phi) is 5.20. The van der Waals surface area contributed by atoms with Gasteiger partial charge in [0.2, 0.25) is 0 Å². The summed E-state index contributed by atoms with van der Waals surface area (Å²) in [5.41, 5.74) is 2.24. The molecule has 0 saturated heterocycles. The minimum absolute atomic E-state index is 0.00996. The maximum atomic E-state index is 11.8. The topological polar surface area (TPSA) is 61.4 Å². The van der Waals surface area contributed by atoms with Gasteiger partial charge in [-0.05, 0) is 36.6 Å². The van der Waals surface area contributed by atoms with Crippen molar-refractivity contribution in [3.05, 3.63) is 46.0 Å². The van der Waals surface area contributed by atoms with Crippen LogP contribution in [0.4, 0.5) is 4.79 Å². The molecule has 0 aromatic heterocycles. The number of amides is 2. The molecule has 1 aliphatic rings. The molecule has 0 heterocycles. The number of nitrogens with one attached hydrogen (secondary N) is 2. The molecule has 2 atom stereocenters. The van der Waals surface area contributed by atoms with E-state index in [1.807, 2.05) is 37.3 Å². The lowest BCUT2D eigenvalue weighted by Gasteiger charge is -2.14. The zero-order valence-electron chi connectivity index (χ0n) is 11.4. The van der Waals surface area contributed by atoms with Crippen LogP contribution in [0.3, 0.4) is 0 Å². The second kappa shape index (κ2) is 6.90. The summed E-state index contributed by atoms with van der Waals surface area (Å²) in [6.07, 6.45) is 4.65. The van der Waals surface area contributed by atoms with Crippen LogP contribution in [0.25, 0.3) is 0 Å². The fourth-order valence-corrected chi connectivity index (χ4v) is 2.65. The van der Waals surface area contributed by atoms with Crippen molar-refractivity contribution in [2.75, 3.05) is 6.61 Å². The maximum absolute atomic E-state index is 11.8. The minimum atomic E-state index is -0.183. The molecular formula is C15H19BrN2O2. The summed E-state index contributed by atoms with van der Waals surface area (Å²) in [6.45, 7) is 2.65. The van der Waals surface area contributed by atoms with Gasteiger partial charge in [-0.2, -0.15) is 0 Å². The SMILES string of the molecule is Cc1ccc(Br)cc1CNC(=O)N[C@@H]1C=C[C@H](CO)C1. The summed E-state index contributed by atoms with van der Waals surface area (Å²) in [7, 11) is 0. The molecule has 0 aliphatic heterocycles. The van der Waals surface area contributed by atoms with Gasteiger partial charge in [0.1, 0.15) is 0 Å². The van der Waals surface area contributed by atoms with Crippen LogP contribution in [-0.2, 0) is 6.54 Å². The Morgan fingerprint density at radius 2 is 2.25 bits per heavy atom. The van der Waals surface area contributed by atoms with Crippen molar-refractivity contribution in [3.8, 4) is 0 Å². The number of halogens is 1. The Morgan fingerprint density at radius 3 is 2.95 bits per heavy atom. The highest BCUT2D eigenvalue weighted by atomic mass is 79.9. The van der Waals surface area contributed by atoms with E-state index in [4.69, 9.17) is 5.11 Å². The monoisotopic (exact) mass is 338 g/mol. The van der Waals surface area contributed by atoms with Crippen molar-refractivity contribution >= 4 is 22.0 Å². The van der Waals surface area contributed by atoms with Crippen LogP contribution in [0, 0.1) is 12.8 Å². The molecule has 3 N–H and O–H groups in total. The van der Waals surface area contributed by atoms with E-state index in [1.54, 1.807) is 0 Å². The number of carbonyl (C=O) groups excluding carboxylic acids is 1. The van der Waals surface area contributed by atoms with Crippen LogP contribution < -0.4 is 10.6 Å². The van der Waals surface area contributed by atoms with Crippen molar-refractivity contribution in [1.29, 1.82) is 0 Å². The Labute approximate surface area is 127 Å². The van der Waals surface area contributed by atoms with Crippen LogP contribution in [0.15, 0.2) is 34.8 Å². The van der Waals surface area contributed by atoms with Gasteiger partial charge in [0.15, 0.2) is 0 Å². The number of carbonyl (C=O) groups is 1. The summed E-state index contributed by atoms with van der Waals surface area (Å²) in [6, 6.07) is 5.84. The highest BCUT2D eigenvalue weighted by Crippen LogP contribution is 2.17. The van der Waals surface area contributed by atoms with E-state index >= 15 is 0 Å². The van der Waals surface area contributed by atoms with Crippen molar-refractivity contribution in [3.63, 3.8) is 0 Å². The predicted octanol–water partition coefficient (Wildman–Crippen LogP) is 2.49. The first-order valence-corrected chi connectivity index (χ1v) is 7.46. The minimum Gasteiger partial charge on any atom is -0.396 e. The highest BCUT2D eigenvalue weighted by Gasteiger charge is 2.19. The molecule has 0 bridgehead atoms. The second-order valence-corrected chi connectivity index (χ2v) is 5.98. The average Bonchev–Trinajstić information content (AvgIpc) is 2.87. The number of aliphatic hydroxyl groups excluding tert-OH is 1. The van der Waals surface area contributed by atoms with Crippen LogP contribution >= 0.6 is 15.9 Å². The quantitative estimate of drug-likeness (QED) is 0.738. The summed E-state index contributed by atoms with van der Waals surface area (Å²) in [5.74, 6) is 0.160. The van der Waals surface area contributed by atoms with Crippen molar-refractivity contribution in [2.45, 2.75) is 25.9 Å². The van der Waals surface area contributed by atoms with Crippen molar-refractivity contribution in [1.82, 2.24) is 10.6 Å². The Morgan fingerprint density at radius 1 is 1.45 bits per heavy atom. The number of hydrogen-bond acceptors (Lipinski definition) is 2. The number of aliphatic hydroxyl groups is 1. The zero-order chi connectivity index (χ0) is 14.5. The zero-order valence-corrected chi connectivity index (χ0v) is 13.0. The molecule has 0 unspecified atom stereocenters. The normalized spacial score (nSPS) is 20.9. The molecule has 0 saturated carbocycles. The van der Waals surface area contributed by atoms with Crippen molar-refractivity contribution < 1.29 is 9.90 Å². The van der Waals surface area contributed by atoms with E-state index in [0.29, 0.717) is 6.54 Å². The first kappa shape index (κ1) is 15.1. The van der Waals surface area contributed by atoms with Gasteiger partial charge in [-0.1, -0.05) is 34.1 Å². The van der Waals surface area contributed by atoms with E-state index in [9.17, 15) is 4.79 Å². The molecule has 0 fully saturated rings. The molecule has 1 aromatic rings. The maximum Gasteiger partial charge on any atom is 0.315 e. The number of rotatable bonds is 4. The predicted molar refractivity (Wildman–Crippen MR) is 82.4 cm³/mol. The van der Waals surface area contributed by atoms with E-state index in [0.717, 1.165) is 22.0 Å². The lowest BCUT2D eigenvalue weighted by Crippen LogP contribution is -2.40. The molecule has 108 valence electrons. The van der Waals surface area contributed by atoms with Gasteiger partial charge < -0.3 is 15.7 Å². The van der Waals surface area contributed by atoms with Crippen LogP contribution in [0.1, 0.15) is 17.5 Å². The van der Waals surface area contributed by atoms with Gasteiger partial charge in [0, 0.05) is 29.6 Å². The Balaban J connectivity index is 1.81. The third-order valence-corrected chi connectivity index (χ3v) is 3.97. The third-order valence-electron chi connectivity index (χ3n) is 3.47. The highest BCUT2D eigenvalue weighted by molar-refractivity contribution is 9.10. The van der Waals surface area contributed by atoms with E-state index in [2.05, 4.69) is 26.6 Å². The van der Waals surface area contributed by atoms with Crippen molar-refractivity contribution in [2.24, 2.45) is 5.92 Å². The van der Waals surface area contributed by atoms with Gasteiger partial charge in [-0.3, -0.25) is 0 Å². The molecule has 20 heavy (non-hydrogen) atoms. The molecular weight excluding hydrogens is 320 g/mol. The van der Waals surface area contributed by atoms with Gasteiger partial charge in [-0.25, -0.2) is 4.79 Å². The number of hydrogen-bond donors (Lipinski definition) is 3. The summed E-state index contributed by atoms with van der Waals surface area (Å²) in [5, 5.41) is 14.8. The smallest absolute Gasteiger partial charge is 0.315 e. The largest absolute Gasteiger partial charge is 0.396 e. The van der Waals surface area contributed by atoms with Gasteiger partial charge in [0.05, 0.1) is 0 Å². The molecule has 2 rings (SSSR count). The van der Waals surface area contributed by atoms with E-state index < -0.39 is 0 Å². The number of urea groups is 1. The van der Waals surface area contributed by atoms with E-state index in [-0.39, 0.29) is 24.6 Å². The van der Waals surface area contributed by atoms with Gasteiger partial charge in [-0.15, -0.1) is 0 Å². The Bertz CT molecular complexity index is 517. The van der Waals surface area contributed by atoms with Gasteiger partial charge in [0.25, 0.3) is 0 Å². The van der Waals surface area contributed by atoms with Crippen LogP contribution in [-0.4, -0.2) is 23.8 Å². The first-order chi connectivity index (χ1) is 9.58. The molecule has 1 aliphatic carbocycles. The van der Waals surface area contributed by atoms with E-state index in [1.165, 1.54) is 0 Å². The summed E-state index contributed by atoms with van der Waals surface area (Å²) in [4.78, 5) is 11.8. The molecule has 1 aromatic carbocycles. The second-order valence-electron chi connectivity index (χ2n) is 5.07.